The quantitative estimate of drug-likeness (QED) is 0.328. The van der Waals surface area contributed by atoms with E-state index in [0.29, 0.717) is 0 Å². The Morgan fingerprint density at radius 1 is 1.30 bits per heavy atom. The second-order valence-corrected chi connectivity index (χ2v) is 6.57. The molecule has 3 aromatic rings. The van der Waals surface area contributed by atoms with Crippen molar-refractivity contribution in [2.45, 2.75) is 12.8 Å². The van der Waals surface area contributed by atoms with Crippen LogP contribution in [-0.4, -0.2) is 15.0 Å². The number of aromatic hydroxyl groups is 1. The average Bonchev–Trinajstić information content (AvgIpc) is 2.66. The molecule has 0 radical (unpaired) electrons. The first-order chi connectivity index (χ1) is 14.2. The van der Waals surface area contributed by atoms with Crippen molar-refractivity contribution in [1.29, 1.82) is 5.26 Å². The molecule has 4 rings (SSSR count). The smallest absolute Gasteiger partial charge is 0.343 e. The fraction of sp³-hybridized carbons (Fsp3) is 0.105. The predicted molar refractivity (Wildman–Crippen MR) is 103 cm³/mol. The maximum atomic E-state index is 12.7. The number of nitrogens with zero attached hydrogens (tertiary/aromatic N) is 3. The summed E-state index contributed by atoms with van der Waals surface area (Å²) in [4.78, 5) is 27.4. The number of nitro groups is 1. The number of nitrogens with two attached hydrogens (primary N) is 2. The Labute approximate surface area is 167 Å². The number of nitriles is 1. The lowest BCUT2D eigenvalue weighted by Crippen LogP contribution is -2.22. The molecule has 0 saturated carbocycles. The molecule has 2 aromatic heterocycles. The molecular formula is C19H13N5O6. The molecule has 1 aromatic carbocycles. The van der Waals surface area contributed by atoms with Crippen LogP contribution in [0.4, 0.5) is 17.2 Å². The number of rotatable bonds is 2. The van der Waals surface area contributed by atoms with Gasteiger partial charge < -0.3 is 25.7 Å². The Kier molecular flexibility index (Phi) is 4.06. The molecule has 5 N–H and O–H groups in total. The van der Waals surface area contributed by atoms with Gasteiger partial charge >= 0.3 is 5.63 Å². The number of hydrogen-bond acceptors (Lipinski definition) is 10. The van der Waals surface area contributed by atoms with E-state index < -0.39 is 22.2 Å². The number of nitro benzene ring substituents is 1. The molecule has 1 aliphatic rings. The fourth-order valence-electron chi connectivity index (χ4n) is 3.49. The minimum atomic E-state index is -1.15. The first kappa shape index (κ1) is 18.8. The normalized spacial score (nSPS) is 14.2. The number of nitrogen functional groups attached to an aromatic ring is 2. The summed E-state index contributed by atoms with van der Waals surface area (Å²) in [6.07, 6.45) is 0. The van der Waals surface area contributed by atoms with Gasteiger partial charge in [0.05, 0.1) is 27.7 Å². The van der Waals surface area contributed by atoms with Crippen LogP contribution >= 0.6 is 0 Å². The summed E-state index contributed by atoms with van der Waals surface area (Å²) in [6, 6.07) is 6.82. The number of benzene rings is 1. The van der Waals surface area contributed by atoms with Gasteiger partial charge in [0.15, 0.2) is 0 Å². The number of aromatic nitrogens is 1. The van der Waals surface area contributed by atoms with Crippen molar-refractivity contribution in [2.24, 2.45) is 0 Å². The molecule has 0 bridgehead atoms. The van der Waals surface area contributed by atoms with Crippen molar-refractivity contribution in [3.05, 3.63) is 72.8 Å². The molecule has 1 aliphatic heterocycles. The molecular weight excluding hydrogens is 394 g/mol. The third-order valence-corrected chi connectivity index (χ3v) is 4.77. The number of aryl methyl sites for hydroxylation is 1. The van der Waals surface area contributed by atoms with E-state index in [0.717, 1.165) is 0 Å². The summed E-state index contributed by atoms with van der Waals surface area (Å²) in [5.74, 6) is -1.52. The van der Waals surface area contributed by atoms with Crippen LogP contribution in [0.5, 0.6) is 17.4 Å². The minimum Gasteiger partial charge on any atom is -0.507 e. The molecule has 1 atom stereocenters. The topological polar surface area (TPSA) is 192 Å². The van der Waals surface area contributed by atoms with Crippen molar-refractivity contribution in [3.63, 3.8) is 0 Å². The molecule has 0 amide bonds. The Balaban J connectivity index is 2.13. The summed E-state index contributed by atoms with van der Waals surface area (Å²) in [6.45, 7) is 1.48. The van der Waals surface area contributed by atoms with E-state index >= 15 is 0 Å². The largest absolute Gasteiger partial charge is 0.507 e. The lowest BCUT2D eigenvalue weighted by Gasteiger charge is -2.29. The first-order valence-corrected chi connectivity index (χ1v) is 8.51. The SMILES string of the molecule is Cc1cc(O)c(C2c3cc([N+](=O)[O-])ccc3Oc3nc(N)c(C#N)c(N)c32)c(=O)o1. The molecule has 0 saturated heterocycles. The highest BCUT2D eigenvalue weighted by Crippen LogP contribution is 2.51. The minimum absolute atomic E-state index is 0.0696. The highest BCUT2D eigenvalue weighted by molar-refractivity contribution is 5.76. The van der Waals surface area contributed by atoms with E-state index in [1.165, 1.54) is 31.2 Å². The van der Waals surface area contributed by atoms with E-state index in [2.05, 4.69) is 4.98 Å². The Bertz CT molecular complexity index is 1340. The van der Waals surface area contributed by atoms with Gasteiger partial charge in [0.1, 0.15) is 34.7 Å². The number of pyridine rings is 1. The number of anilines is 2. The number of ether oxygens (including phenoxy) is 1. The molecule has 11 nitrogen and oxygen atoms in total. The summed E-state index contributed by atoms with van der Waals surface area (Å²) in [5.41, 5.74) is 10.5. The van der Waals surface area contributed by atoms with E-state index in [9.17, 15) is 25.3 Å². The zero-order chi connectivity index (χ0) is 21.7. The van der Waals surface area contributed by atoms with Gasteiger partial charge in [-0.3, -0.25) is 10.1 Å². The lowest BCUT2D eigenvalue weighted by molar-refractivity contribution is -0.384. The van der Waals surface area contributed by atoms with Crippen LogP contribution < -0.4 is 21.8 Å². The molecule has 0 spiro atoms. The van der Waals surface area contributed by atoms with E-state index in [4.69, 9.17) is 20.6 Å². The van der Waals surface area contributed by atoms with Gasteiger partial charge in [0.2, 0.25) is 5.88 Å². The molecule has 1 unspecified atom stereocenters. The highest BCUT2D eigenvalue weighted by atomic mass is 16.6. The summed E-state index contributed by atoms with van der Waals surface area (Å²) in [7, 11) is 0. The second kappa shape index (κ2) is 6.49. The summed E-state index contributed by atoms with van der Waals surface area (Å²) >= 11 is 0. The number of hydrogen-bond donors (Lipinski definition) is 3. The van der Waals surface area contributed by atoms with E-state index in [1.54, 1.807) is 0 Å². The molecule has 11 heteroatoms. The van der Waals surface area contributed by atoms with Crippen molar-refractivity contribution in [3.8, 4) is 23.4 Å². The van der Waals surface area contributed by atoms with Gasteiger partial charge in [-0.05, 0) is 13.0 Å². The van der Waals surface area contributed by atoms with Crippen LogP contribution in [0, 0.1) is 28.4 Å². The van der Waals surface area contributed by atoms with Crippen molar-refractivity contribution in [2.75, 3.05) is 11.5 Å². The van der Waals surface area contributed by atoms with Gasteiger partial charge in [-0.15, -0.1) is 0 Å². The second-order valence-electron chi connectivity index (χ2n) is 6.57. The monoisotopic (exact) mass is 407 g/mol. The number of non-ortho nitro benzene ring substituents is 1. The van der Waals surface area contributed by atoms with Crippen LogP contribution in [0.25, 0.3) is 0 Å². The fourth-order valence-corrected chi connectivity index (χ4v) is 3.49. The molecule has 30 heavy (non-hydrogen) atoms. The third kappa shape index (κ3) is 2.67. The van der Waals surface area contributed by atoms with Gasteiger partial charge in [-0.1, -0.05) is 0 Å². The highest BCUT2D eigenvalue weighted by Gasteiger charge is 2.38. The van der Waals surface area contributed by atoms with Gasteiger partial charge in [0, 0.05) is 23.8 Å². The van der Waals surface area contributed by atoms with Crippen molar-refractivity contribution in [1.82, 2.24) is 4.98 Å². The number of fused-ring (bicyclic) bond motifs is 2. The van der Waals surface area contributed by atoms with Crippen LogP contribution in [0.2, 0.25) is 0 Å². The van der Waals surface area contributed by atoms with Gasteiger partial charge in [-0.2, -0.15) is 10.2 Å². The summed E-state index contributed by atoms with van der Waals surface area (Å²) < 4.78 is 10.8. The Hall–Kier alpha value is -4.59. The van der Waals surface area contributed by atoms with Crippen molar-refractivity contribution >= 4 is 17.2 Å². The van der Waals surface area contributed by atoms with E-state index in [1.807, 2.05) is 6.07 Å². The summed E-state index contributed by atoms with van der Waals surface area (Å²) in [5, 5.41) is 31.3. The molecule has 0 fully saturated rings. The Morgan fingerprint density at radius 2 is 2.03 bits per heavy atom. The maximum absolute atomic E-state index is 12.7. The average molecular weight is 407 g/mol. The van der Waals surface area contributed by atoms with Crippen LogP contribution in [0.1, 0.15) is 33.9 Å². The zero-order valence-corrected chi connectivity index (χ0v) is 15.4. The first-order valence-electron chi connectivity index (χ1n) is 8.51. The van der Waals surface area contributed by atoms with Crippen LogP contribution in [0.3, 0.4) is 0 Å². The standard InChI is InChI=1S/C19H13N5O6/c1-7-4-11(25)14(19(26)29-7)13-9-5-8(24(27)28)2-3-12(9)30-18-15(13)16(21)10(6-20)17(22)23-18/h2-5,13,25H,1H3,(H4,21,22,23). The van der Waals surface area contributed by atoms with Crippen LogP contribution in [0.15, 0.2) is 33.5 Å². The molecule has 3 heterocycles. The molecule has 0 aliphatic carbocycles. The maximum Gasteiger partial charge on any atom is 0.343 e. The van der Waals surface area contributed by atoms with Gasteiger partial charge in [0.25, 0.3) is 5.69 Å². The third-order valence-electron chi connectivity index (χ3n) is 4.77. The zero-order valence-electron chi connectivity index (χ0n) is 15.4. The predicted octanol–water partition coefficient (Wildman–Crippen LogP) is 2.28. The van der Waals surface area contributed by atoms with Gasteiger partial charge in [-0.25, -0.2) is 4.79 Å². The van der Waals surface area contributed by atoms with Crippen LogP contribution in [-0.2, 0) is 0 Å². The Morgan fingerprint density at radius 3 is 2.67 bits per heavy atom. The van der Waals surface area contributed by atoms with Crippen molar-refractivity contribution < 1.29 is 19.2 Å². The lowest BCUT2D eigenvalue weighted by atomic mass is 9.82. The van der Waals surface area contributed by atoms with E-state index in [-0.39, 0.29) is 56.8 Å². The molecule has 150 valence electrons.